The van der Waals surface area contributed by atoms with Crippen molar-refractivity contribution in [3.63, 3.8) is 0 Å². The van der Waals surface area contributed by atoms with E-state index >= 15 is 0 Å². The first-order valence-corrected chi connectivity index (χ1v) is 7.17. The molecule has 0 unspecified atom stereocenters. The zero-order valence-corrected chi connectivity index (χ0v) is 12.9. The van der Waals surface area contributed by atoms with Crippen LogP contribution in [0.25, 0.3) is 0 Å². The highest BCUT2D eigenvalue weighted by atomic mass is 16.3. The van der Waals surface area contributed by atoms with E-state index in [9.17, 15) is 14.7 Å². The second-order valence-corrected chi connectivity index (χ2v) is 5.68. The third-order valence-electron chi connectivity index (χ3n) is 3.26. The number of benzene rings is 1. The molecule has 122 valence electrons. The zero-order valence-electron chi connectivity index (χ0n) is 12.9. The maximum absolute atomic E-state index is 12.2. The molecule has 0 aliphatic rings. The number of hydrogen-bond acceptors (Lipinski definition) is 5. The highest BCUT2D eigenvalue weighted by molar-refractivity contribution is 5.89. The van der Waals surface area contributed by atoms with Gasteiger partial charge in [-0.15, -0.1) is 0 Å². The summed E-state index contributed by atoms with van der Waals surface area (Å²) in [6, 6.07) is 5.05. The van der Waals surface area contributed by atoms with Crippen LogP contribution in [0.2, 0.25) is 0 Å². The summed E-state index contributed by atoms with van der Waals surface area (Å²) in [4.78, 5) is 23.6. The SMILES string of the molecule is CC(C)C[C@H](NC(=O)[C@H](Cc1ccc(O)cc1)NN)C(N)=O. The van der Waals surface area contributed by atoms with Gasteiger partial charge in [0, 0.05) is 0 Å². The fourth-order valence-electron chi connectivity index (χ4n) is 2.08. The molecule has 22 heavy (non-hydrogen) atoms. The van der Waals surface area contributed by atoms with Gasteiger partial charge in [0.2, 0.25) is 11.8 Å². The quantitative estimate of drug-likeness (QED) is 0.335. The molecule has 7 N–H and O–H groups in total. The van der Waals surface area contributed by atoms with E-state index in [0.29, 0.717) is 12.8 Å². The summed E-state index contributed by atoms with van der Waals surface area (Å²) in [6.45, 7) is 3.88. The Morgan fingerprint density at radius 3 is 2.23 bits per heavy atom. The van der Waals surface area contributed by atoms with Crippen LogP contribution in [0.5, 0.6) is 5.75 Å². The number of amides is 2. The molecule has 2 amide bonds. The molecule has 1 rings (SSSR count). The lowest BCUT2D eigenvalue weighted by Crippen LogP contribution is -2.54. The number of phenols is 1. The van der Waals surface area contributed by atoms with Crippen LogP contribution in [0.4, 0.5) is 0 Å². The van der Waals surface area contributed by atoms with Crippen LogP contribution < -0.4 is 22.3 Å². The lowest BCUT2D eigenvalue weighted by molar-refractivity contribution is -0.129. The molecule has 0 aliphatic carbocycles. The Morgan fingerprint density at radius 1 is 1.18 bits per heavy atom. The Kier molecular flexibility index (Phi) is 6.81. The minimum absolute atomic E-state index is 0.149. The topological polar surface area (TPSA) is 130 Å². The second kappa shape index (κ2) is 8.35. The van der Waals surface area contributed by atoms with Crippen molar-refractivity contribution < 1.29 is 14.7 Å². The molecule has 0 spiro atoms. The van der Waals surface area contributed by atoms with Gasteiger partial charge >= 0.3 is 0 Å². The molecule has 0 heterocycles. The monoisotopic (exact) mass is 308 g/mol. The number of carbonyl (C=O) groups is 2. The number of carbonyl (C=O) groups excluding carboxylic acids is 2. The summed E-state index contributed by atoms with van der Waals surface area (Å²) in [5, 5.41) is 11.9. The Bertz CT molecular complexity index is 502. The predicted octanol–water partition coefficient (Wildman–Crippen LogP) is -0.217. The number of nitrogens with two attached hydrogens (primary N) is 2. The predicted molar refractivity (Wildman–Crippen MR) is 83.5 cm³/mol. The van der Waals surface area contributed by atoms with Gasteiger partial charge in [0.15, 0.2) is 0 Å². The summed E-state index contributed by atoms with van der Waals surface area (Å²) >= 11 is 0. The molecule has 7 heteroatoms. The van der Waals surface area contributed by atoms with Crippen LogP contribution in [0, 0.1) is 5.92 Å². The first-order valence-electron chi connectivity index (χ1n) is 7.17. The third kappa shape index (κ3) is 5.71. The molecule has 0 aliphatic heterocycles. The standard InChI is InChI=1S/C15H24N4O3/c1-9(2)7-12(14(16)21)18-15(22)13(19-17)8-10-3-5-11(20)6-4-10/h3-6,9,12-13,19-20H,7-8,17H2,1-2H3,(H2,16,21)(H,18,22)/t12-,13-/m0/s1. The van der Waals surface area contributed by atoms with Gasteiger partial charge in [-0.2, -0.15) is 0 Å². The Morgan fingerprint density at radius 2 is 1.77 bits per heavy atom. The Hall–Kier alpha value is -2.12. The van der Waals surface area contributed by atoms with E-state index in [2.05, 4.69) is 10.7 Å². The fraction of sp³-hybridized carbons (Fsp3) is 0.467. The van der Waals surface area contributed by atoms with E-state index in [-0.39, 0.29) is 17.6 Å². The molecule has 0 saturated carbocycles. The molecule has 7 nitrogen and oxygen atoms in total. The highest BCUT2D eigenvalue weighted by Gasteiger charge is 2.24. The van der Waals surface area contributed by atoms with Crippen molar-refractivity contribution in [3.8, 4) is 5.75 Å². The van der Waals surface area contributed by atoms with Crippen molar-refractivity contribution >= 4 is 11.8 Å². The van der Waals surface area contributed by atoms with E-state index < -0.39 is 18.0 Å². The lowest BCUT2D eigenvalue weighted by Gasteiger charge is -2.21. The number of phenolic OH excluding ortho intramolecular Hbond substituents is 1. The molecule has 0 radical (unpaired) electrons. The van der Waals surface area contributed by atoms with Crippen molar-refractivity contribution in [1.82, 2.24) is 10.7 Å². The maximum Gasteiger partial charge on any atom is 0.240 e. The van der Waals surface area contributed by atoms with Crippen LogP contribution in [-0.4, -0.2) is 29.0 Å². The number of primary amides is 1. The smallest absolute Gasteiger partial charge is 0.240 e. The maximum atomic E-state index is 12.2. The minimum Gasteiger partial charge on any atom is -0.508 e. The average Bonchev–Trinajstić information content (AvgIpc) is 2.45. The van der Waals surface area contributed by atoms with Crippen LogP contribution in [0.15, 0.2) is 24.3 Å². The molecule has 0 aromatic heterocycles. The van der Waals surface area contributed by atoms with Crippen LogP contribution in [-0.2, 0) is 16.0 Å². The van der Waals surface area contributed by atoms with Gasteiger partial charge in [0.25, 0.3) is 0 Å². The highest BCUT2D eigenvalue weighted by Crippen LogP contribution is 2.11. The minimum atomic E-state index is -0.719. The van der Waals surface area contributed by atoms with Gasteiger partial charge in [-0.3, -0.25) is 15.4 Å². The molecular weight excluding hydrogens is 284 g/mol. The first kappa shape index (κ1) is 17.9. The number of aromatic hydroxyl groups is 1. The molecular formula is C15H24N4O3. The van der Waals surface area contributed by atoms with Gasteiger partial charge in [-0.25, -0.2) is 5.43 Å². The van der Waals surface area contributed by atoms with Crippen LogP contribution >= 0.6 is 0 Å². The third-order valence-corrected chi connectivity index (χ3v) is 3.26. The molecule has 0 saturated heterocycles. The number of hydrogen-bond donors (Lipinski definition) is 5. The van der Waals surface area contributed by atoms with Gasteiger partial charge in [0.05, 0.1) is 0 Å². The molecule has 1 aromatic carbocycles. The van der Waals surface area contributed by atoms with E-state index in [4.69, 9.17) is 11.6 Å². The summed E-state index contributed by atoms with van der Waals surface area (Å²) in [6.07, 6.45) is 0.799. The van der Waals surface area contributed by atoms with E-state index in [0.717, 1.165) is 5.56 Å². The largest absolute Gasteiger partial charge is 0.508 e. The summed E-state index contributed by atoms with van der Waals surface area (Å²) in [5.41, 5.74) is 8.58. The van der Waals surface area contributed by atoms with Crippen molar-refractivity contribution in [2.75, 3.05) is 0 Å². The van der Waals surface area contributed by atoms with Gasteiger partial charge < -0.3 is 16.2 Å². The van der Waals surface area contributed by atoms with E-state index in [1.165, 1.54) is 12.1 Å². The molecule has 0 bridgehead atoms. The number of rotatable bonds is 8. The average molecular weight is 308 g/mol. The first-order chi connectivity index (χ1) is 10.3. The Labute approximate surface area is 130 Å². The van der Waals surface area contributed by atoms with Crippen molar-refractivity contribution in [3.05, 3.63) is 29.8 Å². The molecule has 0 fully saturated rings. The van der Waals surface area contributed by atoms with Gasteiger partial charge in [-0.1, -0.05) is 26.0 Å². The van der Waals surface area contributed by atoms with Crippen molar-refractivity contribution in [2.24, 2.45) is 17.5 Å². The van der Waals surface area contributed by atoms with Crippen LogP contribution in [0.3, 0.4) is 0 Å². The summed E-state index contributed by atoms with van der Waals surface area (Å²) in [5.74, 6) is 4.84. The lowest BCUT2D eigenvalue weighted by atomic mass is 10.0. The normalized spacial score (nSPS) is 13.6. The summed E-state index contributed by atoms with van der Waals surface area (Å²) < 4.78 is 0. The number of nitrogens with one attached hydrogen (secondary N) is 2. The summed E-state index contributed by atoms with van der Waals surface area (Å²) in [7, 11) is 0. The zero-order chi connectivity index (χ0) is 16.7. The molecule has 2 atom stereocenters. The Balaban J connectivity index is 2.70. The van der Waals surface area contributed by atoms with E-state index in [1.54, 1.807) is 12.1 Å². The van der Waals surface area contributed by atoms with Gasteiger partial charge in [-0.05, 0) is 36.5 Å². The van der Waals surface area contributed by atoms with Crippen molar-refractivity contribution in [2.45, 2.75) is 38.8 Å². The molecule has 1 aromatic rings. The fourth-order valence-corrected chi connectivity index (χ4v) is 2.08. The second-order valence-electron chi connectivity index (χ2n) is 5.68. The van der Waals surface area contributed by atoms with Gasteiger partial charge in [0.1, 0.15) is 17.8 Å². The van der Waals surface area contributed by atoms with E-state index in [1.807, 2.05) is 13.8 Å². The number of hydrazine groups is 1. The van der Waals surface area contributed by atoms with Crippen molar-refractivity contribution in [1.29, 1.82) is 0 Å². The van der Waals surface area contributed by atoms with Crippen LogP contribution in [0.1, 0.15) is 25.8 Å².